The van der Waals surface area contributed by atoms with Crippen LogP contribution in [0.15, 0.2) is 4.34 Å². The highest BCUT2D eigenvalue weighted by molar-refractivity contribution is 8.01. The first-order valence-electron chi connectivity index (χ1n) is 10.5. The molecule has 3 N–H and O–H groups in total. The van der Waals surface area contributed by atoms with E-state index in [1.54, 1.807) is 0 Å². The van der Waals surface area contributed by atoms with Gasteiger partial charge < -0.3 is 20.7 Å². The summed E-state index contributed by atoms with van der Waals surface area (Å²) >= 11 is 2.54. The van der Waals surface area contributed by atoms with Crippen LogP contribution in [0.3, 0.4) is 0 Å². The van der Waals surface area contributed by atoms with E-state index in [0.717, 1.165) is 24.2 Å². The number of thioether (sulfide) groups is 1. The molecule has 4 amide bonds. The van der Waals surface area contributed by atoms with Crippen LogP contribution in [-0.2, 0) is 23.9 Å². The van der Waals surface area contributed by atoms with Gasteiger partial charge in [-0.2, -0.15) is 0 Å². The Morgan fingerprint density at radius 2 is 1.94 bits per heavy atom. The Morgan fingerprint density at radius 1 is 1.22 bits per heavy atom. The number of ether oxygens (including phenoxy) is 1. The first-order valence-corrected chi connectivity index (χ1v) is 12.3. The van der Waals surface area contributed by atoms with Crippen molar-refractivity contribution in [2.24, 2.45) is 5.41 Å². The van der Waals surface area contributed by atoms with E-state index in [1.807, 2.05) is 4.90 Å². The van der Waals surface area contributed by atoms with E-state index in [-0.39, 0.29) is 60.9 Å². The lowest BCUT2D eigenvalue weighted by Gasteiger charge is -2.33. The summed E-state index contributed by atoms with van der Waals surface area (Å²) in [4.78, 5) is 51.8. The van der Waals surface area contributed by atoms with Crippen LogP contribution in [0.2, 0.25) is 0 Å². The molecule has 3 fully saturated rings. The number of amides is 4. The summed E-state index contributed by atoms with van der Waals surface area (Å²) in [6.45, 7) is 1.96. The predicted octanol–water partition coefficient (Wildman–Crippen LogP) is -0.125. The molecule has 0 aromatic carbocycles. The van der Waals surface area contributed by atoms with Crippen LogP contribution in [0.5, 0.6) is 0 Å². The summed E-state index contributed by atoms with van der Waals surface area (Å²) in [6.07, 6.45) is 2.83. The van der Waals surface area contributed by atoms with E-state index in [9.17, 15) is 19.2 Å². The van der Waals surface area contributed by atoms with Gasteiger partial charge >= 0.3 is 0 Å². The van der Waals surface area contributed by atoms with Crippen molar-refractivity contribution in [2.45, 2.75) is 42.5 Å². The van der Waals surface area contributed by atoms with Crippen LogP contribution < -0.4 is 11.1 Å². The third-order valence-electron chi connectivity index (χ3n) is 6.22. The number of aromatic nitrogens is 2. The summed E-state index contributed by atoms with van der Waals surface area (Å²) in [5, 5.41) is 10.9. The van der Waals surface area contributed by atoms with Crippen LogP contribution in [0.1, 0.15) is 32.1 Å². The highest BCUT2D eigenvalue weighted by atomic mass is 32.2. The largest absolute Gasteiger partial charge is 0.381 e. The van der Waals surface area contributed by atoms with Crippen molar-refractivity contribution in [1.82, 2.24) is 25.3 Å². The topological polar surface area (TPSA) is 148 Å². The molecule has 0 saturated carbocycles. The number of nitrogens with two attached hydrogens (primary N) is 1. The summed E-state index contributed by atoms with van der Waals surface area (Å²) < 4.78 is 6.15. The molecule has 1 unspecified atom stereocenters. The number of hydrogen-bond donors (Lipinski definition) is 2. The second kappa shape index (κ2) is 9.71. The van der Waals surface area contributed by atoms with Gasteiger partial charge in [-0.05, 0) is 24.7 Å². The molecular weight excluding hydrogens is 456 g/mol. The molecule has 4 heterocycles. The Balaban J connectivity index is 1.36. The van der Waals surface area contributed by atoms with Crippen LogP contribution in [-0.4, -0.2) is 88.3 Å². The third-order valence-corrected chi connectivity index (χ3v) is 8.09. The van der Waals surface area contributed by atoms with Crippen LogP contribution in [0.4, 0.5) is 5.13 Å². The van der Waals surface area contributed by atoms with Gasteiger partial charge in [-0.3, -0.25) is 24.1 Å². The lowest BCUT2D eigenvalue weighted by atomic mass is 9.78. The summed E-state index contributed by atoms with van der Waals surface area (Å²) in [5.74, 6) is -0.858. The fraction of sp³-hybridized carbons (Fsp3) is 0.684. The first kappa shape index (κ1) is 22.9. The number of anilines is 1. The Hall–Kier alpha value is -2.25. The quantitative estimate of drug-likeness (QED) is 0.401. The van der Waals surface area contributed by atoms with E-state index >= 15 is 0 Å². The molecule has 0 aliphatic carbocycles. The average molecular weight is 483 g/mol. The van der Waals surface area contributed by atoms with Crippen molar-refractivity contribution in [1.29, 1.82) is 0 Å². The highest BCUT2D eigenvalue weighted by Gasteiger charge is 2.46. The van der Waals surface area contributed by atoms with Gasteiger partial charge in [-0.15, -0.1) is 10.2 Å². The highest BCUT2D eigenvalue weighted by Crippen LogP contribution is 2.43. The number of carbonyl (C=O) groups is 4. The van der Waals surface area contributed by atoms with E-state index in [2.05, 4.69) is 15.5 Å². The molecule has 1 aromatic rings. The summed E-state index contributed by atoms with van der Waals surface area (Å²) in [7, 11) is 0. The van der Waals surface area contributed by atoms with E-state index in [1.165, 1.54) is 23.1 Å². The molecule has 3 aliphatic rings. The molecule has 3 aliphatic heterocycles. The van der Waals surface area contributed by atoms with Gasteiger partial charge in [0.2, 0.25) is 28.8 Å². The molecule has 11 nitrogen and oxygen atoms in total. The predicted molar refractivity (Wildman–Crippen MR) is 117 cm³/mol. The zero-order valence-corrected chi connectivity index (χ0v) is 19.2. The Morgan fingerprint density at radius 3 is 2.59 bits per heavy atom. The molecule has 32 heavy (non-hydrogen) atoms. The Labute approximate surface area is 193 Å². The van der Waals surface area contributed by atoms with Gasteiger partial charge in [-0.1, -0.05) is 23.1 Å². The molecule has 1 spiro atoms. The normalized spacial score (nSPS) is 22.7. The molecule has 13 heteroatoms. The number of nitrogen functional groups attached to an aromatic ring is 1. The minimum atomic E-state index is -0.396. The molecule has 1 atom stereocenters. The SMILES string of the molecule is Nc1nnc(SCC(=O)N2CC3(CCOCC3)CC2CNC(=O)CN2C(=O)CCC2=O)s1. The number of nitrogens with one attached hydrogen (secondary N) is 1. The van der Waals surface area contributed by atoms with Crippen molar-refractivity contribution in [3.8, 4) is 0 Å². The van der Waals surface area contributed by atoms with Crippen LogP contribution in [0, 0.1) is 5.41 Å². The molecule has 3 saturated heterocycles. The first-order chi connectivity index (χ1) is 15.3. The molecule has 1 aromatic heterocycles. The van der Waals surface area contributed by atoms with Crippen molar-refractivity contribution in [3.05, 3.63) is 0 Å². The number of nitrogens with zero attached hydrogens (tertiary/aromatic N) is 4. The van der Waals surface area contributed by atoms with Gasteiger partial charge in [0.25, 0.3) is 0 Å². The van der Waals surface area contributed by atoms with Crippen molar-refractivity contribution in [2.75, 3.05) is 44.3 Å². The molecule has 0 radical (unpaired) electrons. The van der Waals surface area contributed by atoms with E-state index in [4.69, 9.17) is 10.5 Å². The van der Waals surface area contributed by atoms with Crippen LogP contribution >= 0.6 is 23.1 Å². The molecular formula is C19H26N6O5S2. The van der Waals surface area contributed by atoms with Gasteiger partial charge in [0, 0.05) is 45.2 Å². The summed E-state index contributed by atoms with van der Waals surface area (Å²) in [5.41, 5.74) is 5.59. The zero-order chi connectivity index (χ0) is 22.7. The lowest BCUT2D eigenvalue weighted by Crippen LogP contribution is -2.46. The number of carbonyl (C=O) groups excluding carboxylic acids is 4. The fourth-order valence-electron chi connectivity index (χ4n) is 4.52. The van der Waals surface area contributed by atoms with Crippen LogP contribution in [0.25, 0.3) is 0 Å². The van der Waals surface area contributed by atoms with Gasteiger partial charge in [0.05, 0.1) is 5.75 Å². The minimum Gasteiger partial charge on any atom is -0.381 e. The maximum atomic E-state index is 13.1. The second-order valence-electron chi connectivity index (χ2n) is 8.36. The van der Waals surface area contributed by atoms with Crippen molar-refractivity contribution >= 4 is 51.9 Å². The smallest absolute Gasteiger partial charge is 0.240 e. The second-order valence-corrected chi connectivity index (χ2v) is 10.6. The summed E-state index contributed by atoms with van der Waals surface area (Å²) in [6, 6.07) is -0.158. The monoisotopic (exact) mass is 482 g/mol. The van der Waals surface area contributed by atoms with E-state index < -0.39 is 5.91 Å². The molecule has 4 rings (SSSR count). The van der Waals surface area contributed by atoms with Crippen molar-refractivity contribution in [3.63, 3.8) is 0 Å². The average Bonchev–Trinajstić information content (AvgIpc) is 3.44. The molecule has 0 bridgehead atoms. The zero-order valence-electron chi connectivity index (χ0n) is 17.6. The molecule has 174 valence electrons. The van der Waals surface area contributed by atoms with Gasteiger partial charge in [0.1, 0.15) is 6.54 Å². The third kappa shape index (κ3) is 5.21. The number of hydrogen-bond acceptors (Lipinski definition) is 10. The fourth-order valence-corrected chi connectivity index (χ4v) is 6.04. The number of likely N-dealkylation sites (tertiary alicyclic amines) is 2. The van der Waals surface area contributed by atoms with E-state index in [0.29, 0.717) is 29.2 Å². The minimum absolute atomic E-state index is 0.0119. The number of rotatable bonds is 7. The number of imide groups is 1. The Bertz CT molecular complexity index is 887. The maximum Gasteiger partial charge on any atom is 0.240 e. The van der Waals surface area contributed by atoms with Gasteiger partial charge in [-0.25, -0.2) is 0 Å². The Kier molecular flexibility index (Phi) is 6.96. The standard InChI is InChI=1S/C19H26N6O5S2/c20-17-22-23-18(32-17)31-10-16(29)25-11-19(3-5-30-6-4-19)7-12(25)8-21-13(26)9-24-14(27)1-2-15(24)28/h12H,1-11H2,(H2,20,22)(H,21,26). The van der Waals surface area contributed by atoms with Gasteiger partial charge in [0.15, 0.2) is 4.34 Å². The van der Waals surface area contributed by atoms with Crippen molar-refractivity contribution < 1.29 is 23.9 Å². The maximum absolute atomic E-state index is 13.1. The lowest BCUT2D eigenvalue weighted by molar-refractivity contribution is -0.142.